The average molecular weight is 529 g/mol. The van der Waals surface area contributed by atoms with Crippen molar-refractivity contribution in [3.63, 3.8) is 0 Å². The summed E-state index contributed by atoms with van der Waals surface area (Å²) >= 11 is 0. The van der Waals surface area contributed by atoms with E-state index in [1.54, 1.807) is 24.4 Å². The third-order valence-electron chi connectivity index (χ3n) is 6.45. The molecule has 4 aromatic rings. The minimum absolute atomic E-state index is 0.0250. The highest BCUT2D eigenvalue weighted by Gasteiger charge is 2.35. The highest BCUT2D eigenvalue weighted by molar-refractivity contribution is 5.95. The first-order valence-corrected chi connectivity index (χ1v) is 12.3. The molecule has 0 radical (unpaired) electrons. The zero-order valence-corrected chi connectivity index (χ0v) is 20.8. The topological polar surface area (TPSA) is 125 Å². The molecular weight excluding hydrogens is 501 g/mol. The largest absolute Gasteiger partial charge is 0.468 e. The zero-order valence-electron chi connectivity index (χ0n) is 20.8. The normalized spacial score (nSPS) is 15.4. The van der Waals surface area contributed by atoms with Crippen molar-refractivity contribution in [1.29, 1.82) is 0 Å². The first kappa shape index (κ1) is 25.5. The maximum absolute atomic E-state index is 13.0. The molecule has 0 spiro atoms. The van der Waals surface area contributed by atoms with Crippen LogP contribution in [0.1, 0.15) is 55.2 Å². The Morgan fingerprint density at radius 2 is 2.03 bits per heavy atom. The number of ether oxygens (including phenoxy) is 1. The molecule has 0 saturated heterocycles. The highest BCUT2D eigenvalue weighted by Crippen LogP contribution is 2.43. The van der Waals surface area contributed by atoms with E-state index in [-0.39, 0.29) is 29.8 Å². The molecule has 1 saturated carbocycles. The number of carbonyl (C=O) groups is 1. The van der Waals surface area contributed by atoms with Crippen LogP contribution in [0, 0.1) is 5.92 Å². The Morgan fingerprint density at radius 1 is 1.24 bits per heavy atom. The summed E-state index contributed by atoms with van der Waals surface area (Å²) in [6.07, 6.45) is 3.43. The van der Waals surface area contributed by atoms with Crippen LogP contribution in [0.3, 0.4) is 0 Å². The maximum Gasteiger partial charge on any atom is 0.422 e. The second-order valence-corrected chi connectivity index (χ2v) is 9.48. The lowest BCUT2D eigenvalue weighted by atomic mass is 10.0. The Bertz CT molecular complexity index is 1440. The van der Waals surface area contributed by atoms with E-state index in [2.05, 4.69) is 25.5 Å². The van der Waals surface area contributed by atoms with Crippen LogP contribution in [0.5, 0.6) is 5.88 Å². The number of nitrogens with one attached hydrogen (secondary N) is 1. The molecule has 1 aliphatic rings. The Morgan fingerprint density at radius 3 is 2.68 bits per heavy atom. The van der Waals surface area contributed by atoms with Crippen LogP contribution >= 0.6 is 0 Å². The minimum Gasteiger partial charge on any atom is -0.468 e. The number of halogens is 3. The van der Waals surface area contributed by atoms with E-state index in [1.807, 2.05) is 24.7 Å². The van der Waals surface area contributed by atoms with Gasteiger partial charge in [-0.05, 0) is 61.4 Å². The maximum atomic E-state index is 13.0. The highest BCUT2D eigenvalue weighted by atomic mass is 19.4. The molecule has 4 heterocycles. The lowest BCUT2D eigenvalue weighted by molar-refractivity contribution is -0.154. The number of alkyl halides is 3. The van der Waals surface area contributed by atoms with Gasteiger partial charge in [-0.15, -0.1) is 5.10 Å². The van der Waals surface area contributed by atoms with Gasteiger partial charge in [0.25, 0.3) is 5.91 Å². The Labute approximate surface area is 216 Å². The molecule has 13 heteroatoms. The fourth-order valence-electron chi connectivity index (χ4n) is 4.23. The van der Waals surface area contributed by atoms with Gasteiger partial charge in [-0.2, -0.15) is 23.3 Å². The number of hydrogen-bond acceptors (Lipinski definition) is 7. The van der Waals surface area contributed by atoms with E-state index < -0.39 is 12.8 Å². The van der Waals surface area contributed by atoms with Gasteiger partial charge in [0, 0.05) is 30.1 Å². The number of nitrogens with zero attached hydrogens (tertiary/aromatic N) is 6. The number of aromatic nitrogens is 6. The third kappa shape index (κ3) is 5.55. The number of rotatable bonds is 9. The molecule has 0 aliphatic heterocycles. The van der Waals surface area contributed by atoms with Gasteiger partial charge >= 0.3 is 6.18 Å². The van der Waals surface area contributed by atoms with E-state index >= 15 is 0 Å². The van der Waals surface area contributed by atoms with E-state index in [0.717, 1.165) is 30.4 Å². The second-order valence-electron chi connectivity index (χ2n) is 9.48. The monoisotopic (exact) mass is 528 g/mol. The van der Waals surface area contributed by atoms with Gasteiger partial charge in [0.2, 0.25) is 11.8 Å². The first-order chi connectivity index (χ1) is 18.1. The fraction of sp³-hybridized carbons (Fsp3) is 0.400. The molecule has 1 aliphatic carbocycles. The number of amides is 1. The predicted octanol–water partition coefficient (Wildman–Crippen LogP) is 4.04. The zero-order chi connectivity index (χ0) is 27.0. The van der Waals surface area contributed by atoms with Crippen molar-refractivity contribution in [1.82, 2.24) is 34.7 Å². The molecule has 10 nitrogen and oxygen atoms in total. The molecule has 5 rings (SSSR count). The summed E-state index contributed by atoms with van der Waals surface area (Å²) in [6, 6.07) is 6.49. The van der Waals surface area contributed by atoms with E-state index in [4.69, 9.17) is 10.5 Å². The molecule has 3 N–H and O–H groups in total. The number of carbonyl (C=O) groups excluding carboxylic acids is 1. The molecule has 1 unspecified atom stereocenters. The predicted molar refractivity (Wildman–Crippen MR) is 132 cm³/mol. The molecule has 0 bridgehead atoms. The van der Waals surface area contributed by atoms with Crippen LogP contribution in [0.25, 0.3) is 16.8 Å². The van der Waals surface area contributed by atoms with Gasteiger partial charge in [-0.3, -0.25) is 9.48 Å². The van der Waals surface area contributed by atoms with Crippen molar-refractivity contribution in [3.05, 3.63) is 54.1 Å². The van der Waals surface area contributed by atoms with Crippen LogP contribution in [-0.4, -0.2) is 54.1 Å². The minimum atomic E-state index is -4.43. The van der Waals surface area contributed by atoms with Crippen LogP contribution in [-0.2, 0) is 0 Å². The lowest BCUT2D eigenvalue weighted by Gasteiger charge is -2.18. The summed E-state index contributed by atoms with van der Waals surface area (Å²) < 4.78 is 45.3. The summed E-state index contributed by atoms with van der Waals surface area (Å²) in [5.41, 5.74) is 8.83. The van der Waals surface area contributed by atoms with E-state index in [1.165, 1.54) is 16.8 Å². The summed E-state index contributed by atoms with van der Waals surface area (Å²) in [6.45, 7) is 2.50. The molecule has 2 atom stereocenters. The number of pyridine rings is 2. The Balaban J connectivity index is 1.44. The van der Waals surface area contributed by atoms with Gasteiger partial charge < -0.3 is 15.8 Å². The second kappa shape index (κ2) is 9.95. The third-order valence-corrected chi connectivity index (χ3v) is 6.45. The van der Waals surface area contributed by atoms with E-state index in [9.17, 15) is 18.0 Å². The summed E-state index contributed by atoms with van der Waals surface area (Å²) in [5.74, 6) is -0.00866. The standard InChI is InChI=1S/C25H27F3N8O2/c1-3-14(2)32-23(37)19-8-17(9-20-33-24(29)34-36(19)20)18-11-31-35(12-18)22(15-4-5-15)16-6-7-21(30-10-16)38-13-25(26,27)28/h6-12,14-15,22H,3-5,13H2,1-2H3,(H2,29,34)(H,32,37)/t14-,22?/m0/s1. The quantitative estimate of drug-likeness (QED) is 0.336. The van der Waals surface area contributed by atoms with Crippen molar-refractivity contribution in [3.8, 4) is 17.0 Å². The smallest absolute Gasteiger partial charge is 0.422 e. The lowest BCUT2D eigenvalue weighted by Crippen LogP contribution is -2.33. The molecular formula is C25H27F3N8O2. The number of fused-ring (bicyclic) bond motifs is 1. The number of anilines is 1. The van der Waals surface area contributed by atoms with E-state index in [0.29, 0.717) is 22.8 Å². The molecule has 1 amide bonds. The SMILES string of the molecule is CC[C@H](C)NC(=O)c1cc(-c2cnn(C(c3ccc(OCC(F)(F)F)nc3)C3CC3)c2)cc2nc(N)nn12. The van der Waals surface area contributed by atoms with Crippen molar-refractivity contribution in [2.45, 2.75) is 51.4 Å². The number of nitrogen functional groups attached to an aromatic ring is 1. The fourth-order valence-corrected chi connectivity index (χ4v) is 4.23. The van der Waals surface area contributed by atoms with Crippen molar-refractivity contribution >= 4 is 17.5 Å². The van der Waals surface area contributed by atoms with Gasteiger partial charge in [-0.25, -0.2) is 9.50 Å². The van der Waals surface area contributed by atoms with Gasteiger partial charge in [0.05, 0.1) is 12.2 Å². The average Bonchev–Trinajstić information content (AvgIpc) is 3.45. The van der Waals surface area contributed by atoms with Gasteiger partial charge in [0.15, 0.2) is 12.3 Å². The van der Waals surface area contributed by atoms with Crippen molar-refractivity contribution in [2.75, 3.05) is 12.3 Å². The first-order valence-electron chi connectivity index (χ1n) is 12.3. The van der Waals surface area contributed by atoms with Crippen LogP contribution < -0.4 is 15.8 Å². The number of hydrogen-bond donors (Lipinski definition) is 2. The van der Waals surface area contributed by atoms with Crippen LogP contribution in [0.15, 0.2) is 42.9 Å². The summed E-state index contributed by atoms with van der Waals surface area (Å²) in [7, 11) is 0. The molecule has 0 aromatic carbocycles. The van der Waals surface area contributed by atoms with Gasteiger partial charge in [0.1, 0.15) is 5.69 Å². The summed E-state index contributed by atoms with van der Waals surface area (Å²) in [4.78, 5) is 21.3. The molecule has 1 fully saturated rings. The van der Waals surface area contributed by atoms with Crippen molar-refractivity contribution in [2.24, 2.45) is 5.92 Å². The molecule has 200 valence electrons. The van der Waals surface area contributed by atoms with Gasteiger partial charge in [-0.1, -0.05) is 6.92 Å². The summed E-state index contributed by atoms with van der Waals surface area (Å²) in [5, 5.41) is 11.7. The van der Waals surface area contributed by atoms with Crippen LogP contribution in [0.2, 0.25) is 0 Å². The number of nitrogens with two attached hydrogens (primary N) is 1. The molecule has 4 aromatic heterocycles. The van der Waals surface area contributed by atoms with Crippen molar-refractivity contribution < 1.29 is 22.7 Å². The molecule has 38 heavy (non-hydrogen) atoms. The Hall–Kier alpha value is -4.16. The Kier molecular flexibility index (Phi) is 6.67. The van der Waals surface area contributed by atoms with Crippen LogP contribution in [0.4, 0.5) is 19.1 Å².